The van der Waals surface area contributed by atoms with Crippen molar-refractivity contribution in [2.45, 2.75) is 67.7 Å². The van der Waals surface area contributed by atoms with Gasteiger partial charge in [-0.2, -0.15) is 0 Å². The summed E-state index contributed by atoms with van der Waals surface area (Å²) in [4.78, 5) is 13.1. The second-order valence-electron chi connectivity index (χ2n) is 8.32. The average Bonchev–Trinajstić information content (AvgIpc) is 2.47. The molecule has 0 aromatic heterocycles. The van der Waals surface area contributed by atoms with Gasteiger partial charge in [-0.3, -0.25) is 4.79 Å². The second kappa shape index (κ2) is 8.44. The third kappa shape index (κ3) is 4.70. The molecule has 0 saturated carbocycles. The molecule has 2 aromatic carbocycles. The van der Waals surface area contributed by atoms with Crippen molar-refractivity contribution in [2.24, 2.45) is 0 Å². The Balaban J connectivity index is 0.00000338. The van der Waals surface area contributed by atoms with Crippen molar-refractivity contribution < 1.29 is 4.79 Å². The van der Waals surface area contributed by atoms with Crippen LogP contribution in [0.3, 0.4) is 0 Å². The number of benzene rings is 2. The summed E-state index contributed by atoms with van der Waals surface area (Å²) in [5.41, 5.74) is 9.83. The molecule has 0 bridgehead atoms. The van der Waals surface area contributed by atoms with Gasteiger partial charge in [0, 0.05) is 5.56 Å². The number of rotatable bonds is 3. The molecule has 0 aliphatic heterocycles. The normalized spacial score (nSPS) is 11.7. The first-order chi connectivity index (χ1) is 11.4. The van der Waals surface area contributed by atoms with Crippen LogP contribution in [0.2, 0.25) is 0 Å². The number of carbonyl (C=O) groups is 1. The maximum atomic E-state index is 13.1. The molecule has 1 atom stereocenters. The summed E-state index contributed by atoms with van der Waals surface area (Å²) in [6.45, 7) is 19.3. The molecule has 0 fully saturated rings. The Labute approximate surface area is 173 Å². The van der Waals surface area contributed by atoms with Crippen LogP contribution in [0.1, 0.15) is 70.1 Å². The number of hydrogen-bond donors (Lipinski definition) is 0. The molecule has 0 aliphatic carbocycles. The van der Waals surface area contributed by atoms with Crippen molar-refractivity contribution in [2.75, 3.05) is 0 Å². The van der Waals surface area contributed by atoms with Gasteiger partial charge in [0.05, 0.1) is 0 Å². The van der Waals surface area contributed by atoms with Gasteiger partial charge < -0.3 is 0 Å². The molecular formula is C23H32LiOP. The molecule has 0 N–H and O–H groups in total. The van der Waals surface area contributed by atoms with E-state index in [4.69, 9.17) is 0 Å². The van der Waals surface area contributed by atoms with E-state index in [-0.39, 0.29) is 38.4 Å². The topological polar surface area (TPSA) is 17.1 Å². The van der Waals surface area contributed by atoms with E-state index >= 15 is 0 Å². The minimum atomic E-state index is 0. The molecule has 0 aliphatic rings. The molecule has 2 rings (SSSR count). The minimum absolute atomic E-state index is 0. The van der Waals surface area contributed by atoms with Crippen LogP contribution in [-0.4, -0.2) is 24.4 Å². The Bertz CT molecular complexity index is 821. The fourth-order valence-electron chi connectivity index (χ4n) is 3.40. The first-order valence-electron chi connectivity index (χ1n) is 8.94. The Morgan fingerprint density at radius 2 is 1.27 bits per heavy atom. The third-order valence-corrected chi connectivity index (χ3v) is 6.74. The van der Waals surface area contributed by atoms with Crippen molar-refractivity contribution in [3.63, 3.8) is 0 Å². The Morgan fingerprint density at radius 3 is 1.73 bits per heavy atom. The van der Waals surface area contributed by atoms with Crippen molar-refractivity contribution >= 4 is 38.3 Å². The zero-order valence-corrected chi connectivity index (χ0v) is 18.1. The molecule has 0 amide bonds. The Hall–Kier alpha value is -0.863. The van der Waals surface area contributed by atoms with E-state index in [2.05, 4.69) is 80.5 Å². The molecule has 26 heavy (non-hydrogen) atoms. The monoisotopic (exact) mass is 362 g/mol. The summed E-state index contributed by atoms with van der Waals surface area (Å²) < 4.78 is 0. The SMILES string of the molecule is Cc1cc(C)c(C(=O)Pc2c(C)cc(C(C)(C)C)cc2C)c(C)c1C.[LiH]. The van der Waals surface area contributed by atoms with Crippen LogP contribution in [0, 0.1) is 41.5 Å². The fraction of sp³-hybridized carbons (Fsp3) is 0.435. The van der Waals surface area contributed by atoms with Crippen LogP contribution in [0.5, 0.6) is 0 Å². The molecule has 0 radical (unpaired) electrons. The molecule has 2 aromatic rings. The van der Waals surface area contributed by atoms with Crippen LogP contribution >= 0.6 is 8.58 Å². The summed E-state index contributed by atoms with van der Waals surface area (Å²) >= 11 is 0. The molecule has 0 saturated heterocycles. The Kier molecular flexibility index (Phi) is 7.52. The standard InChI is InChI=1S/C23H31OP.Li.H/c1-13-10-14(2)20(18(6)17(13)5)22(24)25-21-15(3)11-19(12-16(21)4)23(7,8)9;;/h10-12,25H,1-9H3;;. The number of aryl methyl sites for hydroxylation is 4. The van der Waals surface area contributed by atoms with Gasteiger partial charge in [0.25, 0.3) is 0 Å². The van der Waals surface area contributed by atoms with Crippen molar-refractivity contribution in [3.05, 3.63) is 62.7 Å². The molecule has 136 valence electrons. The van der Waals surface area contributed by atoms with Crippen molar-refractivity contribution in [3.8, 4) is 0 Å². The van der Waals surface area contributed by atoms with Crippen LogP contribution in [0.4, 0.5) is 0 Å². The number of carbonyl (C=O) groups excluding carboxylic acids is 1. The van der Waals surface area contributed by atoms with Crippen molar-refractivity contribution in [1.82, 2.24) is 0 Å². The van der Waals surface area contributed by atoms with E-state index in [9.17, 15) is 4.79 Å². The van der Waals surface area contributed by atoms with Crippen molar-refractivity contribution in [1.29, 1.82) is 0 Å². The van der Waals surface area contributed by atoms with Gasteiger partial charge in [-0.05, 0) is 99.8 Å². The van der Waals surface area contributed by atoms with Gasteiger partial charge in [0.2, 0.25) is 0 Å². The van der Waals surface area contributed by atoms with E-state index in [1.54, 1.807) is 0 Å². The molecule has 1 unspecified atom stereocenters. The summed E-state index contributed by atoms with van der Waals surface area (Å²) in [7, 11) is 0.180. The predicted octanol–water partition coefficient (Wildman–Crippen LogP) is 5.33. The van der Waals surface area contributed by atoms with Gasteiger partial charge in [0.15, 0.2) is 5.52 Å². The zero-order chi connectivity index (χ0) is 19.1. The van der Waals surface area contributed by atoms with E-state index in [1.165, 1.54) is 33.1 Å². The first kappa shape index (κ1) is 23.2. The average molecular weight is 362 g/mol. The molecule has 3 heteroatoms. The van der Waals surface area contributed by atoms with E-state index < -0.39 is 0 Å². The predicted molar refractivity (Wildman–Crippen MR) is 119 cm³/mol. The molecule has 1 nitrogen and oxygen atoms in total. The fourth-order valence-corrected chi connectivity index (χ4v) is 4.68. The molecule has 0 spiro atoms. The molecular weight excluding hydrogens is 330 g/mol. The number of hydrogen-bond acceptors (Lipinski definition) is 1. The summed E-state index contributed by atoms with van der Waals surface area (Å²) in [6.07, 6.45) is 0. The Morgan fingerprint density at radius 1 is 0.769 bits per heavy atom. The quantitative estimate of drug-likeness (QED) is 0.533. The van der Waals surface area contributed by atoms with Gasteiger partial charge >= 0.3 is 18.9 Å². The van der Waals surface area contributed by atoms with Crippen LogP contribution in [0.25, 0.3) is 0 Å². The van der Waals surface area contributed by atoms with Gasteiger partial charge in [-0.25, -0.2) is 0 Å². The summed E-state index contributed by atoms with van der Waals surface area (Å²) in [5.74, 6) is 0. The summed E-state index contributed by atoms with van der Waals surface area (Å²) in [6, 6.07) is 6.65. The third-order valence-electron chi connectivity index (χ3n) is 5.22. The van der Waals surface area contributed by atoms with Crippen LogP contribution < -0.4 is 5.30 Å². The summed E-state index contributed by atoms with van der Waals surface area (Å²) in [5, 5.41) is 1.20. The van der Waals surface area contributed by atoms with Crippen LogP contribution in [0.15, 0.2) is 18.2 Å². The van der Waals surface area contributed by atoms with Gasteiger partial charge in [-0.15, -0.1) is 0 Å². The molecule has 0 heterocycles. The maximum absolute atomic E-state index is 13.1. The first-order valence-corrected chi connectivity index (χ1v) is 9.94. The van der Waals surface area contributed by atoms with Gasteiger partial charge in [0.1, 0.15) is 0 Å². The van der Waals surface area contributed by atoms with E-state index in [0.29, 0.717) is 0 Å². The van der Waals surface area contributed by atoms with Crippen LogP contribution in [-0.2, 0) is 5.41 Å². The van der Waals surface area contributed by atoms with E-state index in [1.807, 2.05) is 0 Å². The zero-order valence-electron chi connectivity index (χ0n) is 17.1. The van der Waals surface area contributed by atoms with Gasteiger partial charge in [-0.1, -0.05) is 39.0 Å². The second-order valence-corrected chi connectivity index (χ2v) is 9.53. The van der Waals surface area contributed by atoms with E-state index in [0.717, 1.165) is 16.7 Å².